The number of anilines is 1. The first-order valence-corrected chi connectivity index (χ1v) is 8.48. The maximum Gasteiger partial charge on any atom is 0.0634 e. The first kappa shape index (κ1) is 13.7. The van der Waals surface area contributed by atoms with Crippen LogP contribution in [0.5, 0.6) is 0 Å². The van der Waals surface area contributed by atoms with Gasteiger partial charge in [-0.2, -0.15) is 0 Å². The predicted molar refractivity (Wildman–Crippen MR) is 88.6 cm³/mol. The van der Waals surface area contributed by atoms with Crippen LogP contribution in [-0.2, 0) is 0 Å². The molecule has 1 aliphatic rings. The molecule has 3 rings (SSSR count). The molecular formula is C18H23NS. The van der Waals surface area contributed by atoms with E-state index in [9.17, 15) is 0 Å². The standard InChI is InChI=1S/C18H23NS/c1-13-10-14(2)12-16(11-13)19-18(15-6-3-4-7-15)17-8-5-9-20-17/h5,8-12,15,18-19H,3-4,6-7H2,1-2H3. The quantitative estimate of drug-likeness (QED) is 0.759. The Balaban J connectivity index is 1.85. The molecule has 1 aliphatic carbocycles. The molecular weight excluding hydrogens is 262 g/mol. The fourth-order valence-corrected chi connectivity index (χ4v) is 4.29. The Hall–Kier alpha value is -1.28. The Kier molecular flexibility index (Phi) is 4.11. The maximum absolute atomic E-state index is 3.82. The van der Waals surface area contributed by atoms with Crippen molar-refractivity contribution < 1.29 is 0 Å². The molecule has 2 aromatic rings. The van der Waals surface area contributed by atoms with E-state index in [1.807, 2.05) is 11.3 Å². The number of thiophene rings is 1. The molecule has 1 heterocycles. The Labute approximate surface area is 126 Å². The summed E-state index contributed by atoms with van der Waals surface area (Å²) in [6.07, 6.45) is 5.50. The van der Waals surface area contributed by atoms with Crippen molar-refractivity contribution in [2.75, 3.05) is 5.32 Å². The van der Waals surface area contributed by atoms with Crippen LogP contribution in [0.1, 0.15) is 47.7 Å². The van der Waals surface area contributed by atoms with Crippen molar-refractivity contribution in [1.82, 2.24) is 0 Å². The number of hydrogen-bond donors (Lipinski definition) is 1. The van der Waals surface area contributed by atoms with Crippen molar-refractivity contribution >= 4 is 17.0 Å². The summed E-state index contributed by atoms with van der Waals surface area (Å²) in [5, 5.41) is 6.01. The average Bonchev–Trinajstić information content (AvgIpc) is 3.08. The molecule has 2 heteroatoms. The third-order valence-electron chi connectivity index (χ3n) is 4.26. The zero-order chi connectivity index (χ0) is 13.9. The van der Waals surface area contributed by atoms with E-state index in [2.05, 4.69) is 54.9 Å². The molecule has 0 radical (unpaired) electrons. The second-order valence-corrected chi connectivity index (χ2v) is 7.04. The average molecular weight is 285 g/mol. The molecule has 0 spiro atoms. The second-order valence-electron chi connectivity index (χ2n) is 6.06. The van der Waals surface area contributed by atoms with Gasteiger partial charge in [0.25, 0.3) is 0 Å². The van der Waals surface area contributed by atoms with Crippen molar-refractivity contribution in [3.63, 3.8) is 0 Å². The number of hydrogen-bond acceptors (Lipinski definition) is 2. The van der Waals surface area contributed by atoms with Gasteiger partial charge in [0.15, 0.2) is 0 Å². The molecule has 1 unspecified atom stereocenters. The minimum Gasteiger partial charge on any atom is -0.377 e. The predicted octanol–water partition coefficient (Wildman–Crippen LogP) is 5.71. The molecule has 0 amide bonds. The van der Waals surface area contributed by atoms with E-state index >= 15 is 0 Å². The van der Waals surface area contributed by atoms with E-state index < -0.39 is 0 Å². The third kappa shape index (κ3) is 3.06. The molecule has 20 heavy (non-hydrogen) atoms. The Morgan fingerprint density at radius 2 is 1.80 bits per heavy atom. The Bertz CT molecular complexity index is 533. The second kappa shape index (κ2) is 6.01. The number of nitrogens with one attached hydrogen (secondary N) is 1. The van der Waals surface area contributed by atoms with Gasteiger partial charge in [-0.15, -0.1) is 11.3 Å². The van der Waals surface area contributed by atoms with E-state index in [1.54, 1.807) is 0 Å². The minimum absolute atomic E-state index is 0.485. The first-order valence-electron chi connectivity index (χ1n) is 7.60. The molecule has 1 saturated carbocycles. The van der Waals surface area contributed by atoms with E-state index in [4.69, 9.17) is 0 Å². The summed E-state index contributed by atoms with van der Waals surface area (Å²) in [7, 11) is 0. The fourth-order valence-electron chi connectivity index (χ4n) is 3.42. The number of benzene rings is 1. The first-order chi connectivity index (χ1) is 9.72. The summed E-state index contributed by atoms with van der Waals surface area (Å²) in [4.78, 5) is 1.48. The van der Waals surface area contributed by atoms with Crippen molar-refractivity contribution in [3.8, 4) is 0 Å². The van der Waals surface area contributed by atoms with Gasteiger partial charge in [0, 0.05) is 10.6 Å². The Morgan fingerprint density at radius 3 is 2.40 bits per heavy atom. The zero-order valence-electron chi connectivity index (χ0n) is 12.4. The highest BCUT2D eigenvalue weighted by Crippen LogP contribution is 2.39. The van der Waals surface area contributed by atoms with Crippen molar-refractivity contribution in [1.29, 1.82) is 0 Å². The molecule has 1 nitrogen and oxygen atoms in total. The van der Waals surface area contributed by atoms with Crippen LogP contribution in [0.4, 0.5) is 5.69 Å². The monoisotopic (exact) mass is 285 g/mol. The summed E-state index contributed by atoms with van der Waals surface area (Å²) in [5.74, 6) is 0.787. The molecule has 1 aromatic heterocycles. The van der Waals surface area contributed by atoms with Gasteiger partial charge in [-0.3, -0.25) is 0 Å². The van der Waals surface area contributed by atoms with Gasteiger partial charge in [0.2, 0.25) is 0 Å². The maximum atomic E-state index is 3.82. The highest BCUT2D eigenvalue weighted by atomic mass is 32.1. The summed E-state index contributed by atoms with van der Waals surface area (Å²) in [6, 6.07) is 11.7. The number of rotatable bonds is 4. The summed E-state index contributed by atoms with van der Waals surface area (Å²) in [6.45, 7) is 4.35. The molecule has 1 atom stereocenters. The SMILES string of the molecule is Cc1cc(C)cc(NC(c2cccs2)C2CCCC2)c1. The normalized spacial score (nSPS) is 17.3. The van der Waals surface area contributed by atoms with E-state index in [1.165, 1.54) is 47.4 Å². The van der Waals surface area contributed by atoms with Crippen LogP contribution in [-0.4, -0.2) is 0 Å². The summed E-state index contributed by atoms with van der Waals surface area (Å²) < 4.78 is 0. The van der Waals surface area contributed by atoms with Crippen LogP contribution in [0, 0.1) is 19.8 Å². The van der Waals surface area contributed by atoms with E-state index in [0.717, 1.165) is 5.92 Å². The van der Waals surface area contributed by atoms with Gasteiger partial charge in [-0.25, -0.2) is 0 Å². The van der Waals surface area contributed by atoms with Gasteiger partial charge in [0.05, 0.1) is 6.04 Å². The van der Waals surface area contributed by atoms with Crippen LogP contribution in [0.15, 0.2) is 35.7 Å². The van der Waals surface area contributed by atoms with Crippen LogP contribution in [0.2, 0.25) is 0 Å². The van der Waals surface area contributed by atoms with E-state index in [0.29, 0.717) is 6.04 Å². The van der Waals surface area contributed by atoms with Gasteiger partial charge >= 0.3 is 0 Å². The highest BCUT2D eigenvalue weighted by Gasteiger charge is 2.27. The molecule has 1 aromatic carbocycles. The molecule has 0 aliphatic heterocycles. The molecule has 1 fully saturated rings. The largest absolute Gasteiger partial charge is 0.377 e. The van der Waals surface area contributed by atoms with Crippen molar-refractivity contribution in [2.24, 2.45) is 5.92 Å². The zero-order valence-corrected chi connectivity index (χ0v) is 13.2. The third-order valence-corrected chi connectivity index (χ3v) is 5.22. The van der Waals surface area contributed by atoms with Gasteiger partial charge < -0.3 is 5.32 Å². The van der Waals surface area contributed by atoms with Crippen LogP contribution in [0.3, 0.4) is 0 Å². The lowest BCUT2D eigenvalue weighted by Crippen LogP contribution is -2.18. The Morgan fingerprint density at radius 1 is 1.10 bits per heavy atom. The summed E-state index contributed by atoms with van der Waals surface area (Å²) in [5.41, 5.74) is 3.94. The molecule has 0 saturated heterocycles. The van der Waals surface area contributed by atoms with E-state index in [-0.39, 0.29) is 0 Å². The molecule has 0 bridgehead atoms. The highest BCUT2D eigenvalue weighted by molar-refractivity contribution is 7.10. The van der Waals surface area contributed by atoms with Gasteiger partial charge in [-0.1, -0.05) is 25.0 Å². The van der Waals surface area contributed by atoms with Crippen LogP contribution >= 0.6 is 11.3 Å². The van der Waals surface area contributed by atoms with Crippen LogP contribution in [0.25, 0.3) is 0 Å². The smallest absolute Gasteiger partial charge is 0.0634 e. The lowest BCUT2D eigenvalue weighted by molar-refractivity contribution is 0.475. The number of aryl methyl sites for hydroxylation is 2. The topological polar surface area (TPSA) is 12.0 Å². The van der Waals surface area contributed by atoms with Gasteiger partial charge in [-0.05, 0) is 67.3 Å². The molecule has 106 valence electrons. The fraction of sp³-hybridized carbons (Fsp3) is 0.444. The lowest BCUT2D eigenvalue weighted by Gasteiger charge is -2.25. The molecule has 1 N–H and O–H groups in total. The van der Waals surface area contributed by atoms with Crippen LogP contribution < -0.4 is 5.32 Å². The van der Waals surface area contributed by atoms with Crippen molar-refractivity contribution in [3.05, 3.63) is 51.7 Å². The van der Waals surface area contributed by atoms with Crippen molar-refractivity contribution in [2.45, 2.75) is 45.6 Å². The van der Waals surface area contributed by atoms with Gasteiger partial charge in [0.1, 0.15) is 0 Å². The lowest BCUT2D eigenvalue weighted by atomic mass is 9.96. The minimum atomic E-state index is 0.485. The summed E-state index contributed by atoms with van der Waals surface area (Å²) >= 11 is 1.88.